The summed E-state index contributed by atoms with van der Waals surface area (Å²) in [5.41, 5.74) is 0.611. The van der Waals surface area contributed by atoms with Crippen molar-refractivity contribution in [3.8, 4) is 0 Å². The van der Waals surface area contributed by atoms with Gasteiger partial charge in [-0.3, -0.25) is 0 Å². The number of hydrogen-bond acceptors (Lipinski definition) is 4. The monoisotopic (exact) mass is 463 g/mol. The third-order valence-electron chi connectivity index (χ3n) is 2.73. The van der Waals surface area contributed by atoms with Gasteiger partial charge in [-0.1, -0.05) is 23.2 Å². The number of nitrogens with zero attached hydrogens (tertiary/aromatic N) is 1. The van der Waals surface area contributed by atoms with Gasteiger partial charge in [0, 0.05) is 11.1 Å². The Labute approximate surface area is 152 Å². The Kier molecular flexibility index (Phi) is 4.45. The van der Waals surface area contributed by atoms with Crippen molar-refractivity contribution in [1.82, 2.24) is 0 Å². The van der Waals surface area contributed by atoms with Crippen LogP contribution in [0.1, 0.15) is 11.3 Å². The van der Waals surface area contributed by atoms with Crippen molar-refractivity contribution in [2.75, 3.05) is 0 Å². The van der Waals surface area contributed by atoms with Gasteiger partial charge in [0.15, 0.2) is 10.4 Å². The molecule has 22 heavy (non-hydrogen) atoms. The molecule has 2 heterocycles. The summed E-state index contributed by atoms with van der Waals surface area (Å²) in [6, 6.07) is 6.53. The number of carbonyl (C=O) groups is 1. The zero-order valence-corrected chi connectivity index (χ0v) is 15.3. The van der Waals surface area contributed by atoms with Gasteiger partial charge in [-0.15, -0.1) is 0 Å². The first-order chi connectivity index (χ1) is 10.4. The molecule has 0 amide bonds. The smallest absolute Gasteiger partial charge is 0.363 e. The molecular formula is C14H5Br2Cl2NO3. The van der Waals surface area contributed by atoms with Gasteiger partial charge in [-0.2, -0.15) is 0 Å². The molecule has 8 heteroatoms. The van der Waals surface area contributed by atoms with Gasteiger partial charge >= 0.3 is 5.97 Å². The number of hydrogen-bond donors (Lipinski definition) is 0. The second-order valence-corrected chi connectivity index (χ2v) is 6.65. The van der Waals surface area contributed by atoms with Gasteiger partial charge in [0.25, 0.3) is 0 Å². The molecule has 1 aromatic carbocycles. The summed E-state index contributed by atoms with van der Waals surface area (Å²) < 4.78 is 11.8. The SMILES string of the molecule is O=C1OC(c2ccc(Cl)cc2Cl)=N/C1=C\c1cc(Br)c(Br)o1. The molecule has 0 unspecified atom stereocenters. The zero-order valence-electron chi connectivity index (χ0n) is 10.6. The van der Waals surface area contributed by atoms with E-state index in [4.69, 9.17) is 32.4 Å². The van der Waals surface area contributed by atoms with E-state index < -0.39 is 5.97 Å². The normalized spacial score (nSPS) is 16.1. The Morgan fingerprint density at radius 2 is 1.95 bits per heavy atom. The fourth-order valence-corrected chi connectivity index (χ4v) is 2.85. The van der Waals surface area contributed by atoms with Gasteiger partial charge in [-0.25, -0.2) is 9.79 Å². The van der Waals surface area contributed by atoms with Crippen LogP contribution in [-0.2, 0) is 9.53 Å². The Hall–Kier alpha value is -1.08. The number of furan rings is 1. The Morgan fingerprint density at radius 1 is 1.18 bits per heavy atom. The van der Waals surface area contributed by atoms with Gasteiger partial charge < -0.3 is 9.15 Å². The number of halogens is 4. The lowest BCUT2D eigenvalue weighted by Crippen LogP contribution is -2.05. The fraction of sp³-hybridized carbons (Fsp3) is 0. The highest BCUT2D eigenvalue weighted by Gasteiger charge is 2.26. The summed E-state index contributed by atoms with van der Waals surface area (Å²) in [7, 11) is 0. The van der Waals surface area contributed by atoms with Gasteiger partial charge in [0.1, 0.15) is 5.76 Å². The van der Waals surface area contributed by atoms with E-state index in [2.05, 4.69) is 36.9 Å². The highest BCUT2D eigenvalue weighted by atomic mass is 79.9. The number of aliphatic imine (C=N–C) groups is 1. The van der Waals surface area contributed by atoms with Crippen LogP contribution in [0.5, 0.6) is 0 Å². The minimum atomic E-state index is -0.579. The van der Waals surface area contributed by atoms with E-state index in [0.717, 1.165) is 4.47 Å². The summed E-state index contributed by atoms with van der Waals surface area (Å²) in [4.78, 5) is 16.0. The highest BCUT2D eigenvalue weighted by molar-refractivity contribution is 9.13. The predicted molar refractivity (Wildman–Crippen MR) is 91.2 cm³/mol. The molecule has 1 aromatic heterocycles. The molecule has 0 fully saturated rings. The lowest BCUT2D eigenvalue weighted by molar-refractivity contribution is -0.129. The molecule has 0 aliphatic carbocycles. The van der Waals surface area contributed by atoms with Crippen molar-refractivity contribution in [2.45, 2.75) is 0 Å². The van der Waals surface area contributed by atoms with Crippen LogP contribution in [0.4, 0.5) is 0 Å². The first-order valence-corrected chi connectivity index (χ1v) is 8.21. The number of rotatable bonds is 2. The maximum Gasteiger partial charge on any atom is 0.363 e. The summed E-state index contributed by atoms with van der Waals surface area (Å²) in [6.45, 7) is 0. The third kappa shape index (κ3) is 3.15. The molecule has 3 rings (SSSR count). The van der Waals surface area contributed by atoms with Crippen molar-refractivity contribution in [3.05, 3.63) is 60.5 Å². The summed E-state index contributed by atoms with van der Waals surface area (Å²) in [5.74, 6) is 0.00479. The molecular weight excluding hydrogens is 461 g/mol. The fourth-order valence-electron chi connectivity index (χ4n) is 1.76. The molecule has 0 radical (unpaired) electrons. The maximum absolute atomic E-state index is 11.9. The van der Waals surface area contributed by atoms with Crippen LogP contribution in [0.3, 0.4) is 0 Å². The Balaban J connectivity index is 1.97. The molecule has 0 saturated heterocycles. The van der Waals surface area contributed by atoms with Gasteiger partial charge in [-0.05, 0) is 56.1 Å². The van der Waals surface area contributed by atoms with E-state index in [1.54, 1.807) is 24.3 Å². The van der Waals surface area contributed by atoms with Crippen LogP contribution in [0, 0.1) is 0 Å². The van der Waals surface area contributed by atoms with E-state index >= 15 is 0 Å². The van der Waals surface area contributed by atoms with Crippen LogP contribution in [-0.4, -0.2) is 11.9 Å². The minimum Gasteiger partial charge on any atom is -0.449 e. The topological polar surface area (TPSA) is 51.8 Å². The molecule has 0 saturated carbocycles. The van der Waals surface area contributed by atoms with Crippen molar-refractivity contribution in [2.24, 2.45) is 4.99 Å². The van der Waals surface area contributed by atoms with Crippen molar-refractivity contribution in [3.63, 3.8) is 0 Å². The second-order valence-electron chi connectivity index (χ2n) is 4.23. The van der Waals surface area contributed by atoms with Crippen LogP contribution in [0.2, 0.25) is 10.0 Å². The van der Waals surface area contributed by atoms with Crippen molar-refractivity contribution < 1.29 is 13.9 Å². The average molecular weight is 466 g/mol. The molecule has 4 nitrogen and oxygen atoms in total. The maximum atomic E-state index is 11.9. The van der Waals surface area contributed by atoms with Crippen molar-refractivity contribution >= 4 is 73.0 Å². The number of carbonyl (C=O) groups excluding carboxylic acids is 1. The third-order valence-corrected chi connectivity index (χ3v) is 4.98. The highest BCUT2D eigenvalue weighted by Crippen LogP contribution is 2.30. The number of cyclic esters (lactones) is 1. The first-order valence-electron chi connectivity index (χ1n) is 5.87. The number of ether oxygens (including phenoxy) is 1. The largest absolute Gasteiger partial charge is 0.449 e. The molecule has 0 N–H and O–H groups in total. The molecule has 1 aliphatic rings. The standard InChI is InChI=1S/C14H5Br2Cl2NO3/c15-9-4-7(21-12(9)16)5-11-14(20)22-13(19-11)8-2-1-6(17)3-10(8)18/h1-5H/b11-5-. The van der Waals surface area contributed by atoms with Crippen LogP contribution < -0.4 is 0 Å². The van der Waals surface area contributed by atoms with E-state index in [1.807, 2.05) is 0 Å². The van der Waals surface area contributed by atoms with E-state index in [-0.39, 0.29) is 11.6 Å². The number of esters is 1. The van der Waals surface area contributed by atoms with Crippen LogP contribution in [0.25, 0.3) is 6.08 Å². The molecule has 112 valence electrons. The minimum absolute atomic E-state index is 0.120. The van der Waals surface area contributed by atoms with Crippen molar-refractivity contribution in [1.29, 1.82) is 0 Å². The predicted octanol–water partition coefficient (Wildman–Crippen LogP) is 5.46. The summed E-state index contributed by atoms with van der Waals surface area (Å²) in [6.07, 6.45) is 1.48. The molecule has 0 spiro atoms. The Bertz CT molecular complexity index is 823. The summed E-state index contributed by atoms with van der Waals surface area (Å²) >= 11 is 18.4. The van der Waals surface area contributed by atoms with Gasteiger partial charge in [0.2, 0.25) is 5.90 Å². The van der Waals surface area contributed by atoms with Gasteiger partial charge in [0.05, 0.1) is 15.1 Å². The van der Waals surface area contributed by atoms with E-state index in [1.165, 1.54) is 6.08 Å². The lowest BCUT2D eigenvalue weighted by Gasteiger charge is -2.02. The van der Waals surface area contributed by atoms with E-state index in [0.29, 0.717) is 26.0 Å². The molecule has 1 aliphatic heterocycles. The molecule has 2 aromatic rings. The Morgan fingerprint density at radius 3 is 2.59 bits per heavy atom. The quantitative estimate of drug-likeness (QED) is 0.437. The lowest BCUT2D eigenvalue weighted by atomic mass is 10.2. The molecule has 0 bridgehead atoms. The average Bonchev–Trinajstić information content (AvgIpc) is 2.94. The van der Waals surface area contributed by atoms with Crippen LogP contribution in [0.15, 0.2) is 48.5 Å². The number of benzene rings is 1. The second kappa shape index (κ2) is 6.20. The van der Waals surface area contributed by atoms with Crippen LogP contribution >= 0.6 is 55.1 Å². The summed E-state index contributed by atoms with van der Waals surface area (Å²) in [5, 5.41) is 0.837. The first kappa shape index (κ1) is 15.8. The molecule has 0 atom stereocenters. The van der Waals surface area contributed by atoms with E-state index in [9.17, 15) is 4.79 Å². The zero-order chi connectivity index (χ0) is 15.9.